The second kappa shape index (κ2) is 11.4. The van der Waals surface area contributed by atoms with E-state index in [0.717, 1.165) is 12.8 Å². The second-order valence-corrected chi connectivity index (χ2v) is 9.23. The number of hydrogen-bond acceptors (Lipinski definition) is 8. The molecule has 3 heterocycles. The van der Waals surface area contributed by atoms with Gasteiger partial charge >= 0.3 is 0 Å². The molecule has 1 unspecified atom stereocenters. The van der Waals surface area contributed by atoms with E-state index in [2.05, 4.69) is 15.6 Å². The highest BCUT2D eigenvalue weighted by Gasteiger charge is 2.29. The summed E-state index contributed by atoms with van der Waals surface area (Å²) in [6.07, 6.45) is 3.98. The smallest absolute Gasteiger partial charge is 0.257 e. The first-order valence-electron chi connectivity index (χ1n) is 12.7. The van der Waals surface area contributed by atoms with Crippen LogP contribution >= 0.6 is 0 Å². The largest absolute Gasteiger partial charge is 0.493 e. The molecule has 1 atom stereocenters. The minimum absolute atomic E-state index is 0.159. The molecule has 0 aliphatic carbocycles. The summed E-state index contributed by atoms with van der Waals surface area (Å²) in [6.45, 7) is 2.08. The molecule has 200 valence electrons. The Morgan fingerprint density at radius 2 is 1.89 bits per heavy atom. The lowest BCUT2D eigenvalue weighted by Gasteiger charge is -2.33. The average molecular weight is 522 g/mol. The van der Waals surface area contributed by atoms with Crippen LogP contribution in [-0.4, -0.2) is 71.7 Å². The number of aromatic nitrogens is 3. The molecule has 6 bridgehead atoms. The number of nitrogens with one attached hydrogen (secondary N) is 1. The fourth-order valence-corrected chi connectivity index (χ4v) is 4.71. The fraction of sp³-hybridized carbons (Fsp3) is 0.407. The number of benzene rings is 2. The minimum atomic E-state index is -0.248. The summed E-state index contributed by atoms with van der Waals surface area (Å²) in [5, 5.41) is 11.4. The first-order valence-corrected chi connectivity index (χ1v) is 12.7. The maximum absolute atomic E-state index is 13.6. The molecular weight excluding hydrogens is 490 g/mol. The first kappa shape index (κ1) is 25.4. The normalized spacial score (nSPS) is 18.4. The number of hydrogen-bond donors (Lipinski definition) is 1. The van der Waals surface area contributed by atoms with Crippen molar-refractivity contribution >= 4 is 11.8 Å². The van der Waals surface area contributed by atoms with Crippen molar-refractivity contribution in [1.82, 2.24) is 25.2 Å². The van der Waals surface area contributed by atoms with Crippen LogP contribution in [0.4, 0.5) is 0 Å². The number of fused-ring (bicyclic) bond motifs is 7. The van der Waals surface area contributed by atoms with Crippen LogP contribution < -0.4 is 24.3 Å². The molecule has 38 heavy (non-hydrogen) atoms. The SMILES string of the molecule is COc1ccc2cc1OCc1cn(nn1)CCCOc1c(OC)cccc1C(=O)N1CCCC(C1)NC2=O. The van der Waals surface area contributed by atoms with Crippen LogP contribution in [0.25, 0.3) is 0 Å². The summed E-state index contributed by atoms with van der Waals surface area (Å²) in [6, 6.07) is 10.2. The summed E-state index contributed by atoms with van der Waals surface area (Å²) in [4.78, 5) is 28.5. The predicted molar refractivity (Wildman–Crippen MR) is 137 cm³/mol. The van der Waals surface area contributed by atoms with E-state index in [-0.39, 0.29) is 24.5 Å². The number of piperidine rings is 1. The van der Waals surface area contributed by atoms with Crippen molar-refractivity contribution in [2.24, 2.45) is 0 Å². The topological polar surface area (TPSA) is 117 Å². The van der Waals surface area contributed by atoms with Gasteiger partial charge < -0.3 is 29.2 Å². The number of rotatable bonds is 2. The molecule has 0 saturated carbocycles. The number of carbonyl (C=O) groups excluding carboxylic acids is 2. The third-order valence-corrected chi connectivity index (χ3v) is 6.64. The number of methoxy groups -OCH3 is 2. The van der Waals surface area contributed by atoms with E-state index < -0.39 is 0 Å². The molecule has 11 heteroatoms. The fourth-order valence-electron chi connectivity index (χ4n) is 4.71. The van der Waals surface area contributed by atoms with Gasteiger partial charge in [-0.25, -0.2) is 0 Å². The van der Waals surface area contributed by atoms with Crippen LogP contribution in [0.3, 0.4) is 0 Å². The predicted octanol–water partition coefficient (Wildman–Crippen LogP) is 2.69. The van der Waals surface area contributed by atoms with E-state index in [0.29, 0.717) is 72.5 Å². The van der Waals surface area contributed by atoms with E-state index in [1.54, 1.807) is 66.4 Å². The Balaban J connectivity index is 1.45. The highest BCUT2D eigenvalue weighted by molar-refractivity contribution is 5.98. The van der Waals surface area contributed by atoms with Crippen LogP contribution in [0.15, 0.2) is 42.6 Å². The van der Waals surface area contributed by atoms with Gasteiger partial charge in [-0.1, -0.05) is 11.3 Å². The third kappa shape index (κ3) is 5.51. The first-order chi connectivity index (χ1) is 18.6. The number of para-hydroxylation sites is 1. The van der Waals surface area contributed by atoms with Crippen molar-refractivity contribution in [3.05, 3.63) is 59.4 Å². The van der Waals surface area contributed by atoms with Crippen molar-refractivity contribution in [3.63, 3.8) is 0 Å². The Morgan fingerprint density at radius 3 is 2.74 bits per heavy atom. The molecule has 0 radical (unpaired) electrons. The lowest BCUT2D eigenvalue weighted by Crippen LogP contribution is -2.49. The van der Waals surface area contributed by atoms with Gasteiger partial charge in [0.05, 0.1) is 32.6 Å². The molecule has 3 aromatic rings. The Morgan fingerprint density at radius 1 is 1.03 bits per heavy atom. The van der Waals surface area contributed by atoms with E-state index in [1.165, 1.54) is 0 Å². The van der Waals surface area contributed by atoms with Gasteiger partial charge in [0.2, 0.25) is 0 Å². The molecule has 2 aromatic carbocycles. The summed E-state index contributed by atoms with van der Waals surface area (Å²) in [5.41, 5.74) is 1.51. The Labute approximate surface area is 220 Å². The van der Waals surface area contributed by atoms with Crippen molar-refractivity contribution < 1.29 is 28.5 Å². The molecule has 1 fully saturated rings. The van der Waals surface area contributed by atoms with Crippen LogP contribution in [-0.2, 0) is 13.2 Å². The standard InChI is InChI=1S/C27H31N5O6/c1-35-22-10-9-18-14-24(22)38-17-20-16-32(30-29-20)12-5-13-37-25-21(7-3-8-23(25)36-2)27(34)31-11-4-6-19(15-31)28-26(18)33/h3,7-10,14,16,19H,4-6,11-13,15,17H2,1-2H3,(H,28,33). The summed E-state index contributed by atoms with van der Waals surface area (Å²) >= 11 is 0. The zero-order valence-electron chi connectivity index (χ0n) is 21.5. The van der Waals surface area contributed by atoms with Crippen LogP contribution in [0, 0.1) is 0 Å². The summed E-state index contributed by atoms with van der Waals surface area (Å²) in [7, 11) is 3.10. The molecule has 11 nitrogen and oxygen atoms in total. The second-order valence-electron chi connectivity index (χ2n) is 9.23. The van der Waals surface area contributed by atoms with Gasteiger partial charge in [-0.2, -0.15) is 0 Å². The van der Waals surface area contributed by atoms with E-state index >= 15 is 0 Å². The van der Waals surface area contributed by atoms with Gasteiger partial charge in [0, 0.05) is 37.7 Å². The molecule has 2 amide bonds. The lowest BCUT2D eigenvalue weighted by molar-refractivity contribution is 0.0671. The summed E-state index contributed by atoms with van der Waals surface area (Å²) in [5.74, 6) is 1.45. The highest BCUT2D eigenvalue weighted by atomic mass is 16.5. The molecule has 1 N–H and O–H groups in total. The quantitative estimate of drug-likeness (QED) is 0.547. The van der Waals surface area contributed by atoms with Gasteiger partial charge in [0.25, 0.3) is 11.8 Å². The zero-order valence-corrected chi connectivity index (χ0v) is 21.5. The molecular formula is C27H31N5O6. The maximum Gasteiger partial charge on any atom is 0.257 e. The van der Waals surface area contributed by atoms with Crippen LogP contribution in [0.1, 0.15) is 45.7 Å². The van der Waals surface area contributed by atoms with Gasteiger partial charge in [0.15, 0.2) is 23.0 Å². The average Bonchev–Trinajstić information content (AvgIpc) is 3.40. The summed E-state index contributed by atoms with van der Waals surface area (Å²) < 4.78 is 24.6. The van der Waals surface area contributed by atoms with Crippen molar-refractivity contribution in [2.75, 3.05) is 33.9 Å². The maximum atomic E-state index is 13.6. The molecule has 1 saturated heterocycles. The van der Waals surface area contributed by atoms with Crippen molar-refractivity contribution in [2.45, 2.75) is 38.5 Å². The van der Waals surface area contributed by atoms with Crippen molar-refractivity contribution in [3.8, 4) is 23.0 Å². The Bertz CT molecular complexity index is 1310. The van der Waals surface area contributed by atoms with E-state index in [9.17, 15) is 9.59 Å². The molecule has 2 aliphatic rings. The number of aryl methyl sites for hydroxylation is 1. The number of amides is 2. The van der Waals surface area contributed by atoms with Crippen LogP contribution in [0.2, 0.25) is 0 Å². The zero-order chi connectivity index (χ0) is 26.5. The minimum Gasteiger partial charge on any atom is -0.493 e. The molecule has 2 aliphatic heterocycles. The van der Waals surface area contributed by atoms with Crippen molar-refractivity contribution in [1.29, 1.82) is 0 Å². The molecule has 1 aromatic heterocycles. The number of nitrogens with zero attached hydrogens (tertiary/aromatic N) is 4. The highest BCUT2D eigenvalue weighted by Crippen LogP contribution is 2.33. The number of carbonyl (C=O) groups is 2. The van der Waals surface area contributed by atoms with E-state index in [4.69, 9.17) is 18.9 Å². The molecule has 5 rings (SSSR count). The van der Waals surface area contributed by atoms with E-state index in [1.807, 2.05) is 0 Å². The Hall–Kier alpha value is -4.28. The van der Waals surface area contributed by atoms with Crippen LogP contribution in [0.5, 0.6) is 23.0 Å². The van der Waals surface area contributed by atoms with Gasteiger partial charge in [-0.05, 0) is 43.2 Å². The van der Waals surface area contributed by atoms with Gasteiger partial charge in [-0.15, -0.1) is 5.10 Å². The third-order valence-electron chi connectivity index (χ3n) is 6.64. The monoisotopic (exact) mass is 521 g/mol. The Kier molecular flexibility index (Phi) is 7.62. The molecule has 0 spiro atoms. The number of ether oxygens (including phenoxy) is 4. The lowest BCUT2D eigenvalue weighted by atomic mass is 10.0. The van der Waals surface area contributed by atoms with Gasteiger partial charge in [0.1, 0.15) is 12.3 Å². The van der Waals surface area contributed by atoms with Gasteiger partial charge in [-0.3, -0.25) is 14.3 Å².